The minimum atomic E-state index is -0.439. The standard InChI is InChI=1S/C19H19FN4O.2ClH/c20-15-10-13(18-5-1-4-17-6-8-23-24(17)18)9-14(11-15)19(25)22-12-16-3-2-7-21-16;;/h1,4-6,8-11,16,21H,2-3,7,12H2,(H,22,25);2*1H/t16-;;/m0../s1. The van der Waals surface area contributed by atoms with Crippen molar-refractivity contribution >= 4 is 36.2 Å². The highest BCUT2D eigenvalue weighted by molar-refractivity contribution is 5.95. The molecule has 3 heterocycles. The minimum Gasteiger partial charge on any atom is -0.350 e. The lowest BCUT2D eigenvalue weighted by Crippen LogP contribution is -2.37. The summed E-state index contributed by atoms with van der Waals surface area (Å²) < 4.78 is 15.9. The average molecular weight is 411 g/mol. The normalized spacial score (nSPS) is 15.8. The van der Waals surface area contributed by atoms with Gasteiger partial charge in [0, 0.05) is 23.7 Å². The quantitative estimate of drug-likeness (QED) is 0.692. The van der Waals surface area contributed by atoms with Crippen molar-refractivity contribution in [3.63, 3.8) is 0 Å². The maximum absolute atomic E-state index is 14.1. The van der Waals surface area contributed by atoms with Crippen molar-refractivity contribution in [1.29, 1.82) is 0 Å². The van der Waals surface area contributed by atoms with E-state index >= 15 is 0 Å². The van der Waals surface area contributed by atoms with Gasteiger partial charge in [-0.1, -0.05) is 6.07 Å². The van der Waals surface area contributed by atoms with Crippen LogP contribution in [0.1, 0.15) is 23.2 Å². The molecule has 0 saturated carbocycles. The Balaban J connectivity index is 0.00000131. The van der Waals surface area contributed by atoms with Gasteiger partial charge in [0.05, 0.1) is 17.4 Å². The number of aromatic nitrogens is 2. The van der Waals surface area contributed by atoms with Crippen LogP contribution in [0.15, 0.2) is 48.7 Å². The Morgan fingerprint density at radius 3 is 2.89 bits per heavy atom. The van der Waals surface area contributed by atoms with Crippen molar-refractivity contribution in [2.75, 3.05) is 13.1 Å². The number of hydrogen-bond acceptors (Lipinski definition) is 3. The molecule has 0 unspecified atom stereocenters. The summed E-state index contributed by atoms with van der Waals surface area (Å²) >= 11 is 0. The summed E-state index contributed by atoms with van der Waals surface area (Å²) in [6.07, 6.45) is 3.87. The largest absolute Gasteiger partial charge is 0.350 e. The monoisotopic (exact) mass is 410 g/mol. The Morgan fingerprint density at radius 2 is 2.11 bits per heavy atom. The summed E-state index contributed by atoms with van der Waals surface area (Å²) in [5, 5.41) is 10.5. The second-order valence-corrected chi connectivity index (χ2v) is 6.31. The molecule has 0 radical (unpaired) electrons. The molecule has 0 spiro atoms. The molecule has 1 amide bonds. The lowest BCUT2D eigenvalue weighted by Gasteiger charge is -2.12. The third-order valence-corrected chi connectivity index (χ3v) is 4.55. The van der Waals surface area contributed by atoms with Crippen LogP contribution < -0.4 is 10.6 Å². The van der Waals surface area contributed by atoms with E-state index in [2.05, 4.69) is 15.7 Å². The first-order valence-corrected chi connectivity index (χ1v) is 8.46. The number of pyridine rings is 1. The van der Waals surface area contributed by atoms with Gasteiger partial charge in [-0.25, -0.2) is 8.91 Å². The first kappa shape index (κ1) is 21.2. The number of benzene rings is 1. The van der Waals surface area contributed by atoms with Crippen LogP contribution >= 0.6 is 24.8 Å². The molecule has 1 aromatic carbocycles. The third kappa shape index (κ3) is 4.58. The topological polar surface area (TPSA) is 58.4 Å². The van der Waals surface area contributed by atoms with Gasteiger partial charge < -0.3 is 10.6 Å². The predicted octanol–water partition coefficient (Wildman–Crippen LogP) is 3.47. The molecule has 0 aliphatic carbocycles. The molecule has 1 atom stereocenters. The van der Waals surface area contributed by atoms with Crippen molar-refractivity contribution in [3.8, 4) is 11.3 Å². The van der Waals surface area contributed by atoms with E-state index in [-0.39, 0.29) is 30.7 Å². The van der Waals surface area contributed by atoms with Crippen LogP contribution in [0, 0.1) is 5.82 Å². The van der Waals surface area contributed by atoms with Gasteiger partial charge in [0.2, 0.25) is 0 Å². The van der Waals surface area contributed by atoms with Crippen LogP contribution in [0.2, 0.25) is 0 Å². The number of amides is 1. The zero-order valence-electron chi connectivity index (χ0n) is 14.5. The maximum atomic E-state index is 14.1. The predicted molar refractivity (Wildman–Crippen MR) is 108 cm³/mol. The number of carbonyl (C=O) groups excluding carboxylic acids is 1. The first-order chi connectivity index (χ1) is 12.2. The molecule has 1 aliphatic heterocycles. The van der Waals surface area contributed by atoms with E-state index in [1.165, 1.54) is 12.1 Å². The second kappa shape index (κ2) is 9.17. The molecule has 3 aromatic rings. The van der Waals surface area contributed by atoms with Crippen molar-refractivity contribution in [2.45, 2.75) is 18.9 Å². The Morgan fingerprint density at radius 1 is 1.26 bits per heavy atom. The van der Waals surface area contributed by atoms with Crippen molar-refractivity contribution in [1.82, 2.24) is 20.2 Å². The maximum Gasteiger partial charge on any atom is 0.251 e. The number of carbonyl (C=O) groups is 1. The molecule has 144 valence electrons. The fourth-order valence-corrected chi connectivity index (χ4v) is 3.29. The number of rotatable bonds is 4. The van der Waals surface area contributed by atoms with Crippen LogP contribution in [0.3, 0.4) is 0 Å². The Labute approximate surface area is 169 Å². The SMILES string of the molecule is Cl.Cl.O=C(NC[C@@H]1CCCN1)c1cc(F)cc(-c2cccc3ccnn23)c1. The zero-order chi connectivity index (χ0) is 17.2. The van der Waals surface area contributed by atoms with Gasteiger partial charge in [-0.05, 0) is 55.8 Å². The Hall–Kier alpha value is -2.15. The van der Waals surface area contributed by atoms with Gasteiger partial charge in [0.1, 0.15) is 5.82 Å². The minimum absolute atomic E-state index is 0. The van der Waals surface area contributed by atoms with E-state index in [0.717, 1.165) is 30.6 Å². The van der Waals surface area contributed by atoms with Crippen LogP contribution in [0.25, 0.3) is 16.8 Å². The summed E-state index contributed by atoms with van der Waals surface area (Å²) in [5.41, 5.74) is 2.60. The van der Waals surface area contributed by atoms with E-state index in [4.69, 9.17) is 0 Å². The summed E-state index contributed by atoms with van der Waals surface area (Å²) in [7, 11) is 0. The smallest absolute Gasteiger partial charge is 0.251 e. The molecule has 4 rings (SSSR count). The Bertz CT molecular complexity index is 925. The molecule has 1 aliphatic rings. The van der Waals surface area contributed by atoms with Gasteiger partial charge in [-0.3, -0.25) is 4.79 Å². The summed E-state index contributed by atoms with van der Waals surface area (Å²) in [6, 6.07) is 12.3. The fraction of sp³-hybridized carbons (Fsp3) is 0.263. The summed E-state index contributed by atoms with van der Waals surface area (Å²) in [4.78, 5) is 12.4. The van der Waals surface area contributed by atoms with Gasteiger partial charge in [0.25, 0.3) is 5.91 Å². The third-order valence-electron chi connectivity index (χ3n) is 4.55. The first-order valence-electron chi connectivity index (χ1n) is 8.46. The molecule has 5 nitrogen and oxygen atoms in total. The van der Waals surface area contributed by atoms with Crippen molar-refractivity contribution in [3.05, 3.63) is 60.0 Å². The van der Waals surface area contributed by atoms with Gasteiger partial charge in [0.15, 0.2) is 0 Å². The van der Waals surface area contributed by atoms with Gasteiger partial charge >= 0.3 is 0 Å². The molecule has 8 heteroatoms. The molecule has 1 fully saturated rings. The zero-order valence-corrected chi connectivity index (χ0v) is 16.2. The number of halogens is 3. The van der Waals surface area contributed by atoms with Crippen molar-refractivity contribution in [2.24, 2.45) is 0 Å². The highest BCUT2D eigenvalue weighted by Crippen LogP contribution is 2.23. The fourth-order valence-electron chi connectivity index (χ4n) is 3.29. The average Bonchev–Trinajstić information content (AvgIpc) is 3.30. The lowest BCUT2D eigenvalue weighted by molar-refractivity contribution is 0.0950. The van der Waals surface area contributed by atoms with E-state index in [1.807, 2.05) is 24.3 Å². The van der Waals surface area contributed by atoms with Crippen LogP contribution in [0.5, 0.6) is 0 Å². The lowest BCUT2D eigenvalue weighted by atomic mass is 10.1. The molecular weight excluding hydrogens is 390 g/mol. The molecule has 1 saturated heterocycles. The Kier molecular flexibility index (Phi) is 7.18. The number of nitrogens with one attached hydrogen (secondary N) is 2. The number of fused-ring (bicyclic) bond motifs is 1. The van der Waals surface area contributed by atoms with Gasteiger partial charge in [-0.15, -0.1) is 24.8 Å². The van der Waals surface area contributed by atoms with E-state index < -0.39 is 5.82 Å². The van der Waals surface area contributed by atoms with Crippen LogP contribution in [0.4, 0.5) is 4.39 Å². The second-order valence-electron chi connectivity index (χ2n) is 6.31. The van der Waals surface area contributed by atoms with E-state index in [0.29, 0.717) is 23.7 Å². The molecular formula is C19H21Cl2FN4O. The molecule has 0 bridgehead atoms. The number of nitrogens with zero attached hydrogens (tertiary/aromatic N) is 2. The molecule has 2 N–H and O–H groups in total. The van der Waals surface area contributed by atoms with Gasteiger partial charge in [-0.2, -0.15) is 5.10 Å². The van der Waals surface area contributed by atoms with Crippen LogP contribution in [-0.4, -0.2) is 34.7 Å². The van der Waals surface area contributed by atoms with Crippen molar-refractivity contribution < 1.29 is 9.18 Å². The summed E-state index contributed by atoms with van der Waals surface area (Å²) in [5.74, 6) is -0.701. The van der Waals surface area contributed by atoms with Crippen LogP contribution in [-0.2, 0) is 0 Å². The molecule has 27 heavy (non-hydrogen) atoms. The molecule has 2 aromatic heterocycles. The van der Waals surface area contributed by atoms with E-state index in [9.17, 15) is 9.18 Å². The highest BCUT2D eigenvalue weighted by atomic mass is 35.5. The number of hydrogen-bond donors (Lipinski definition) is 2. The summed E-state index contributed by atoms with van der Waals surface area (Å²) in [6.45, 7) is 1.54. The highest BCUT2D eigenvalue weighted by Gasteiger charge is 2.16. The van der Waals surface area contributed by atoms with E-state index in [1.54, 1.807) is 16.8 Å².